The molecule has 1 saturated carbocycles. The number of carbonyl (C=O) groups excluding carboxylic acids is 2. The Kier molecular flexibility index (Phi) is 5.62. The van der Waals surface area contributed by atoms with E-state index in [0.29, 0.717) is 35.9 Å². The first kappa shape index (κ1) is 15.8. The Bertz CT molecular complexity index is 498. The predicted molar refractivity (Wildman–Crippen MR) is 83.3 cm³/mol. The summed E-state index contributed by atoms with van der Waals surface area (Å²) >= 11 is 5.77. The van der Waals surface area contributed by atoms with Gasteiger partial charge in [0.15, 0.2) is 0 Å². The second-order valence-electron chi connectivity index (χ2n) is 5.56. The molecule has 1 atom stereocenters. The first-order valence-electron chi connectivity index (χ1n) is 7.39. The molecule has 2 amide bonds. The molecule has 5 heteroatoms. The largest absolute Gasteiger partial charge is 0.353 e. The van der Waals surface area contributed by atoms with Crippen LogP contribution in [0.3, 0.4) is 0 Å². The number of carbonyl (C=O) groups is 2. The number of amides is 2. The maximum Gasteiger partial charge on any atom is 0.251 e. The summed E-state index contributed by atoms with van der Waals surface area (Å²) in [6.45, 7) is 2.55. The fourth-order valence-corrected chi connectivity index (χ4v) is 2.32. The summed E-state index contributed by atoms with van der Waals surface area (Å²) < 4.78 is 0. The summed E-state index contributed by atoms with van der Waals surface area (Å²) in [4.78, 5) is 23.5. The number of nitrogens with one attached hydrogen (secondary N) is 2. The molecule has 1 aliphatic carbocycles. The fourth-order valence-electron chi connectivity index (χ4n) is 2.19. The highest BCUT2D eigenvalue weighted by Gasteiger charge is 2.28. The second-order valence-corrected chi connectivity index (χ2v) is 6.00. The van der Waals surface area contributed by atoms with Gasteiger partial charge in [0, 0.05) is 29.6 Å². The first-order chi connectivity index (χ1) is 10.1. The Hall–Kier alpha value is -1.55. The molecular formula is C16H21ClN2O2. The highest BCUT2D eigenvalue weighted by Crippen LogP contribution is 2.32. The van der Waals surface area contributed by atoms with E-state index in [2.05, 4.69) is 17.6 Å². The van der Waals surface area contributed by atoms with E-state index >= 15 is 0 Å². The molecule has 4 nitrogen and oxygen atoms in total. The van der Waals surface area contributed by atoms with E-state index in [1.807, 2.05) is 0 Å². The molecule has 21 heavy (non-hydrogen) atoms. The average molecular weight is 309 g/mol. The molecule has 0 unspecified atom stereocenters. The normalized spacial score (nSPS) is 15.3. The van der Waals surface area contributed by atoms with Gasteiger partial charge in [0.05, 0.1) is 0 Å². The molecular weight excluding hydrogens is 288 g/mol. The van der Waals surface area contributed by atoms with Crippen LogP contribution in [-0.4, -0.2) is 24.4 Å². The van der Waals surface area contributed by atoms with Crippen LogP contribution in [0.1, 0.15) is 43.0 Å². The van der Waals surface area contributed by atoms with E-state index < -0.39 is 0 Å². The highest BCUT2D eigenvalue weighted by atomic mass is 35.5. The van der Waals surface area contributed by atoms with Crippen LogP contribution in [0.5, 0.6) is 0 Å². The predicted octanol–water partition coefficient (Wildman–Crippen LogP) is 2.76. The topological polar surface area (TPSA) is 58.2 Å². The Morgan fingerprint density at radius 3 is 2.57 bits per heavy atom. The Balaban J connectivity index is 1.61. The molecule has 0 aromatic heterocycles. The number of halogens is 1. The third-order valence-electron chi connectivity index (χ3n) is 3.69. The van der Waals surface area contributed by atoms with Crippen LogP contribution in [-0.2, 0) is 4.79 Å². The van der Waals surface area contributed by atoms with E-state index in [4.69, 9.17) is 11.6 Å². The van der Waals surface area contributed by atoms with Gasteiger partial charge in [-0.3, -0.25) is 9.59 Å². The molecule has 2 N–H and O–H groups in total. The van der Waals surface area contributed by atoms with Crippen LogP contribution in [0.2, 0.25) is 5.02 Å². The summed E-state index contributed by atoms with van der Waals surface area (Å²) in [7, 11) is 0. The van der Waals surface area contributed by atoms with Crippen LogP contribution in [0.25, 0.3) is 0 Å². The first-order valence-corrected chi connectivity index (χ1v) is 7.77. The van der Waals surface area contributed by atoms with Crippen molar-refractivity contribution in [2.45, 2.75) is 38.6 Å². The summed E-state index contributed by atoms with van der Waals surface area (Å²) in [6, 6.07) is 7.01. The summed E-state index contributed by atoms with van der Waals surface area (Å²) in [6.07, 6.45) is 3.53. The van der Waals surface area contributed by atoms with Gasteiger partial charge in [-0.05, 0) is 56.4 Å². The van der Waals surface area contributed by atoms with Gasteiger partial charge >= 0.3 is 0 Å². The van der Waals surface area contributed by atoms with Crippen molar-refractivity contribution in [3.05, 3.63) is 34.9 Å². The van der Waals surface area contributed by atoms with Crippen molar-refractivity contribution >= 4 is 23.4 Å². The van der Waals surface area contributed by atoms with Gasteiger partial charge in [0.1, 0.15) is 0 Å². The third kappa shape index (κ3) is 5.38. The van der Waals surface area contributed by atoms with Gasteiger partial charge in [-0.2, -0.15) is 0 Å². The minimum atomic E-state index is -0.140. The molecule has 0 bridgehead atoms. The molecule has 0 saturated heterocycles. The van der Waals surface area contributed by atoms with Gasteiger partial charge in [0.25, 0.3) is 5.91 Å². The summed E-state index contributed by atoms with van der Waals surface area (Å²) in [5.41, 5.74) is 0.575. The van der Waals surface area contributed by atoms with E-state index in [1.165, 1.54) is 12.8 Å². The Morgan fingerprint density at radius 1 is 1.29 bits per heavy atom. The highest BCUT2D eigenvalue weighted by molar-refractivity contribution is 6.30. The monoisotopic (exact) mass is 308 g/mol. The van der Waals surface area contributed by atoms with Gasteiger partial charge in [-0.15, -0.1) is 0 Å². The van der Waals surface area contributed by atoms with E-state index in [9.17, 15) is 9.59 Å². The summed E-state index contributed by atoms with van der Waals surface area (Å²) in [5.74, 6) is 0.590. The number of hydrogen-bond acceptors (Lipinski definition) is 2. The standard InChI is InChI=1S/C16H21ClN2O2/c1-11(12-4-5-12)19-15(20)3-2-10-18-16(21)13-6-8-14(17)9-7-13/h6-9,11-12H,2-5,10H2,1H3,(H,18,21)(H,19,20)/t11-/m0/s1. The Morgan fingerprint density at radius 2 is 1.95 bits per heavy atom. The molecule has 1 aromatic rings. The van der Waals surface area contributed by atoms with Crippen molar-refractivity contribution in [3.63, 3.8) is 0 Å². The van der Waals surface area contributed by atoms with Crippen molar-refractivity contribution in [3.8, 4) is 0 Å². The van der Waals surface area contributed by atoms with E-state index in [0.717, 1.165) is 0 Å². The lowest BCUT2D eigenvalue weighted by atomic mass is 10.2. The van der Waals surface area contributed by atoms with Gasteiger partial charge < -0.3 is 10.6 Å². The average Bonchev–Trinajstić information content (AvgIpc) is 3.28. The van der Waals surface area contributed by atoms with E-state index in [-0.39, 0.29) is 17.9 Å². The third-order valence-corrected chi connectivity index (χ3v) is 3.94. The van der Waals surface area contributed by atoms with Crippen LogP contribution in [0, 0.1) is 5.92 Å². The van der Waals surface area contributed by atoms with E-state index in [1.54, 1.807) is 24.3 Å². The zero-order valence-electron chi connectivity index (χ0n) is 12.2. The minimum absolute atomic E-state index is 0.0649. The SMILES string of the molecule is C[C@H](NC(=O)CCCNC(=O)c1ccc(Cl)cc1)C1CC1. The van der Waals surface area contributed by atoms with Crippen LogP contribution in [0.4, 0.5) is 0 Å². The van der Waals surface area contributed by atoms with Gasteiger partial charge in [-0.25, -0.2) is 0 Å². The summed E-state index contributed by atoms with van der Waals surface area (Å²) in [5, 5.41) is 6.41. The fraction of sp³-hybridized carbons (Fsp3) is 0.500. The second kappa shape index (κ2) is 7.46. The Labute approximate surface area is 130 Å². The van der Waals surface area contributed by atoms with Crippen LogP contribution < -0.4 is 10.6 Å². The molecule has 114 valence electrons. The molecule has 1 aromatic carbocycles. The minimum Gasteiger partial charge on any atom is -0.353 e. The smallest absolute Gasteiger partial charge is 0.251 e. The van der Waals surface area contributed by atoms with Gasteiger partial charge in [-0.1, -0.05) is 11.6 Å². The molecule has 0 radical (unpaired) electrons. The van der Waals surface area contributed by atoms with Crippen molar-refractivity contribution < 1.29 is 9.59 Å². The van der Waals surface area contributed by atoms with Crippen molar-refractivity contribution in [2.24, 2.45) is 5.92 Å². The molecule has 2 rings (SSSR count). The lowest BCUT2D eigenvalue weighted by molar-refractivity contribution is -0.121. The van der Waals surface area contributed by atoms with Crippen LogP contribution >= 0.6 is 11.6 Å². The van der Waals surface area contributed by atoms with Crippen LogP contribution in [0.15, 0.2) is 24.3 Å². The maximum absolute atomic E-state index is 11.8. The van der Waals surface area contributed by atoms with Crippen molar-refractivity contribution in [1.29, 1.82) is 0 Å². The molecule has 1 aliphatic rings. The van der Waals surface area contributed by atoms with Crippen molar-refractivity contribution in [1.82, 2.24) is 10.6 Å². The molecule has 0 aliphatic heterocycles. The van der Waals surface area contributed by atoms with Gasteiger partial charge in [0.2, 0.25) is 5.91 Å². The maximum atomic E-state index is 11.8. The molecule has 0 spiro atoms. The molecule has 0 heterocycles. The lowest BCUT2D eigenvalue weighted by Gasteiger charge is -2.12. The molecule has 1 fully saturated rings. The number of benzene rings is 1. The quantitative estimate of drug-likeness (QED) is 0.761. The lowest BCUT2D eigenvalue weighted by Crippen LogP contribution is -2.34. The number of rotatable bonds is 7. The zero-order chi connectivity index (χ0) is 15.2. The van der Waals surface area contributed by atoms with Crippen molar-refractivity contribution in [2.75, 3.05) is 6.54 Å². The number of hydrogen-bond donors (Lipinski definition) is 2. The zero-order valence-corrected chi connectivity index (χ0v) is 13.0.